The molecule has 0 aromatic heterocycles. The molecule has 1 fully saturated rings. The first-order valence-electron chi connectivity index (χ1n) is 6.72. The molecule has 3 atom stereocenters. The molecule has 1 aromatic carbocycles. The molecule has 1 aliphatic heterocycles. The topological polar surface area (TPSA) is 49.8 Å². The molecule has 4 heteroatoms. The Labute approximate surface area is 114 Å². The Morgan fingerprint density at radius 2 is 2.00 bits per heavy atom. The third-order valence-electron chi connectivity index (χ3n) is 3.74. The average Bonchev–Trinajstić information content (AvgIpc) is 2.42. The third kappa shape index (κ3) is 2.51. The van der Waals surface area contributed by atoms with Crippen molar-refractivity contribution < 1.29 is 14.6 Å². The van der Waals surface area contributed by atoms with Crippen molar-refractivity contribution in [2.24, 2.45) is 0 Å². The summed E-state index contributed by atoms with van der Waals surface area (Å²) in [6.45, 7) is 3.85. The highest BCUT2D eigenvalue weighted by molar-refractivity contribution is 5.84. The van der Waals surface area contributed by atoms with Gasteiger partial charge in [-0.15, -0.1) is 0 Å². The number of nitrogens with zero attached hydrogens (tertiary/aromatic N) is 1. The molecule has 1 saturated heterocycles. The molecule has 0 unspecified atom stereocenters. The van der Waals surface area contributed by atoms with Gasteiger partial charge in [-0.3, -0.25) is 4.79 Å². The van der Waals surface area contributed by atoms with Crippen molar-refractivity contribution in [3.05, 3.63) is 35.9 Å². The van der Waals surface area contributed by atoms with E-state index in [1.54, 1.807) is 11.9 Å². The van der Waals surface area contributed by atoms with Crippen LogP contribution in [0.1, 0.15) is 38.4 Å². The van der Waals surface area contributed by atoms with E-state index in [2.05, 4.69) is 0 Å². The highest BCUT2D eigenvalue weighted by Gasteiger charge is 2.48. The third-order valence-corrected chi connectivity index (χ3v) is 3.74. The molecule has 2 rings (SSSR count). The van der Waals surface area contributed by atoms with Crippen LogP contribution < -0.4 is 0 Å². The summed E-state index contributed by atoms with van der Waals surface area (Å²) in [7, 11) is 1.71. The molecule has 1 aromatic rings. The lowest BCUT2D eigenvalue weighted by atomic mass is 9.96. The van der Waals surface area contributed by atoms with E-state index in [9.17, 15) is 9.90 Å². The number of ether oxygens (including phenoxy) is 1. The van der Waals surface area contributed by atoms with Crippen LogP contribution in [-0.4, -0.2) is 34.8 Å². The van der Waals surface area contributed by atoms with E-state index in [4.69, 9.17) is 4.74 Å². The van der Waals surface area contributed by atoms with E-state index >= 15 is 0 Å². The molecule has 0 radical (unpaired) electrons. The molecule has 1 amide bonds. The number of carbonyl (C=O) groups excluding carboxylic acids is 1. The zero-order valence-corrected chi connectivity index (χ0v) is 11.7. The Balaban J connectivity index is 2.32. The molecule has 0 saturated carbocycles. The van der Waals surface area contributed by atoms with E-state index in [1.807, 2.05) is 44.2 Å². The van der Waals surface area contributed by atoms with Crippen LogP contribution in [0.5, 0.6) is 0 Å². The molecule has 0 bridgehead atoms. The van der Waals surface area contributed by atoms with Gasteiger partial charge in [-0.2, -0.15) is 0 Å². The van der Waals surface area contributed by atoms with Gasteiger partial charge >= 0.3 is 0 Å². The Morgan fingerprint density at radius 1 is 1.37 bits per heavy atom. The maximum absolute atomic E-state index is 12.2. The van der Waals surface area contributed by atoms with Crippen molar-refractivity contribution in [1.82, 2.24) is 4.90 Å². The lowest BCUT2D eigenvalue weighted by molar-refractivity contribution is -0.266. The van der Waals surface area contributed by atoms with Gasteiger partial charge in [-0.1, -0.05) is 43.7 Å². The standard InChI is InChI=1S/C15H21NO3/c1-4-10-15(18)14(17)16(3)11(2)13(19-15)12-8-6-5-7-9-12/h5-9,11,13,18H,4,10H2,1-3H3/t11-,13-,15-/m0/s1. The number of aliphatic hydroxyl groups is 1. The van der Waals surface area contributed by atoms with E-state index < -0.39 is 5.79 Å². The number of morpholine rings is 1. The minimum atomic E-state index is -1.70. The van der Waals surface area contributed by atoms with Crippen LogP contribution in [0.25, 0.3) is 0 Å². The van der Waals surface area contributed by atoms with Crippen LogP contribution in [0, 0.1) is 0 Å². The van der Waals surface area contributed by atoms with Gasteiger partial charge in [-0.05, 0) is 12.5 Å². The Morgan fingerprint density at radius 3 is 2.58 bits per heavy atom. The van der Waals surface area contributed by atoms with Gasteiger partial charge in [0, 0.05) is 13.5 Å². The van der Waals surface area contributed by atoms with Gasteiger partial charge in [0.25, 0.3) is 5.91 Å². The highest BCUT2D eigenvalue weighted by atomic mass is 16.6. The SMILES string of the molecule is CCC[C@]1(O)O[C@H](c2ccccc2)[C@H](C)N(C)C1=O. The number of hydrogen-bond donors (Lipinski definition) is 1. The van der Waals surface area contributed by atoms with Gasteiger partial charge in [0.05, 0.1) is 6.04 Å². The first-order chi connectivity index (χ1) is 8.99. The summed E-state index contributed by atoms with van der Waals surface area (Å²) in [5.74, 6) is -2.05. The fourth-order valence-corrected chi connectivity index (χ4v) is 2.52. The van der Waals surface area contributed by atoms with Crippen LogP contribution in [0.15, 0.2) is 30.3 Å². The van der Waals surface area contributed by atoms with Gasteiger partial charge < -0.3 is 14.7 Å². The highest BCUT2D eigenvalue weighted by Crippen LogP contribution is 2.36. The predicted molar refractivity (Wildman–Crippen MR) is 72.4 cm³/mol. The van der Waals surface area contributed by atoms with Crippen molar-refractivity contribution in [2.45, 2.75) is 44.6 Å². The van der Waals surface area contributed by atoms with Gasteiger partial charge in [0.15, 0.2) is 0 Å². The molecule has 0 spiro atoms. The number of benzene rings is 1. The number of rotatable bonds is 3. The quantitative estimate of drug-likeness (QED) is 0.908. The van der Waals surface area contributed by atoms with Crippen LogP contribution >= 0.6 is 0 Å². The summed E-state index contributed by atoms with van der Waals surface area (Å²) >= 11 is 0. The predicted octanol–water partition coefficient (Wildman–Crippen LogP) is 2.09. The van der Waals surface area contributed by atoms with E-state index in [0.29, 0.717) is 12.8 Å². The molecule has 4 nitrogen and oxygen atoms in total. The van der Waals surface area contributed by atoms with Crippen LogP contribution in [0.4, 0.5) is 0 Å². The minimum Gasteiger partial charge on any atom is -0.358 e. The molecule has 104 valence electrons. The van der Waals surface area contributed by atoms with Crippen molar-refractivity contribution in [3.8, 4) is 0 Å². The number of likely N-dealkylation sites (N-methyl/N-ethyl adjacent to an activating group) is 1. The normalized spacial score (nSPS) is 31.6. The minimum absolute atomic E-state index is 0.105. The Hall–Kier alpha value is -1.39. The Kier molecular flexibility index (Phi) is 3.92. The summed E-state index contributed by atoms with van der Waals surface area (Å²) < 4.78 is 5.76. The fraction of sp³-hybridized carbons (Fsp3) is 0.533. The summed E-state index contributed by atoms with van der Waals surface area (Å²) in [5, 5.41) is 10.4. The number of hydrogen-bond acceptors (Lipinski definition) is 3. The molecule has 19 heavy (non-hydrogen) atoms. The molecular formula is C15H21NO3. The van der Waals surface area contributed by atoms with Crippen LogP contribution in [0.2, 0.25) is 0 Å². The second-order valence-electron chi connectivity index (χ2n) is 5.14. The second-order valence-corrected chi connectivity index (χ2v) is 5.14. The summed E-state index contributed by atoms with van der Waals surface area (Å²) in [4.78, 5) is 13.8. The molecule has 1 N–H and O–H groups in total. The zero-order chi connectivity index (χ0) is 14.0. The van der Waals surface area contributed by atoms with Gasteiger partial charge in [0.1, 0.15) is 6.10 Å². The van der Waals surface area contributed by atoms with E-state index in [0.717, 1.165) is 5.56 Å². The van der Waals surface area contributed by atoms with Gasteiger partial charge in [0.2, 0.25) is 5.79 Å². The Bertz CT molecular complexity index is 448. The summed E-state index contributed by atoms with van der Waals surface area (Å²) in [6, 6.07) is 9.60. The van der Waals surface area contributed by atoms with Crippen LogP contribution in [-0.2, 0) is 9.53 Å². The van der Waals surface area contributed by atoms with E-state index in [1.165, 1.54) is 0 Å². The molecule has 0 aliphatic carbocycles. The second kappa shape index (κ2) is 5.31. The number of carbonyl (C=O) groups is 1. The zero-order valence-electron chi connectivity index (χ0n) is 11.7. The van der Waals surface area contributed by atoms with Gasteiger partial charge in [-0.25, -0.2) is 0 Å². The van der Waals surface area contributed by atoms with Crippen molar-refractivity contribution in [1.29, 1.82) is 0 Å². The first kappa shape index (κ1) is 14.0. The van der Waals surface area contributed by atoms with Crippen molar-refractivity contribution >= 4 is 5.91 Å². The molecule has 1 aliphatic rings. The maximum Gasteiger partial charge on any atom is 0.282 e. The monoisotopic (exact) mass is 263 g/mol. The summed E-state index contributed by atoms with van der Waals surface area (Å²) in [6.07, 6.45) is 0.693. The fourth-order valence-electron chi connectivity index (χ4n) is 2.52. The lowest BCUT2D eigenvalue weighted by Gasteiger charge is -2.45. The summed E-state index contributed by atoms with van der Waals surface area (Å²) in [5.41, 5.74) is 0.976. The first-order valence-corrected chi connectivity index (χ1v) is 6.72. The smallest absolute Gasteiger partial charge is 0.282 e. The van der Waals surface area contributed by atoms with Crippen molar-refractivity contribution in [2.75, 3.05) is 7.05 Å². The molecule has 1 heterocycles. The van der Waals surface area contributed by atoms with Crippen LogP contribution in [0.3, 0.4) is 0 Å². The average molecular weight is 263 g/mol. The molecular weight excluding hydrogens is 242 g/mol. The van der Waals surface area contributed by atoms with E-state index in [-0.39, 0.29) is 18.1 Å². The number of amides is 1. The largest absolute Gasteiger partial charge is 0.358 e. The van der Waals surface area contributed by atoms with Crippen molar-refractivity contribution in [3.63, 3.8) is 0 Å². The maximum atomic E-state index is 12.2. The lowest BCUT2D eigenvalue weighted by Crippen LogP contribution is -2.59.